The van der Waals surface area contributed by atoms with Crippen molar-refractivity contribution >= 4 is 26.5 Å². The molecular formula is C31H42FN5O2S. The number of carbonyl (C=O) groups excluding carboxylic acids is 1. The van der Waals surface area contributed by atoms with Crippen LogP contribution in [0.5, 0.6) is 0 Å². The molecule has 1 aromatic carbocycles. The number of hydrogen-bond acceptors (Lipinski definition) is 5. The quantitative estimate of drug-likeness (QED) is 0.391. The van der Waals surface area contributed by atoms with Crippen LogP contribution in [-0.4, -0.2) is 66.9 Å². The van der Waals surface area contributed by atoms with Crippen LogP contribution in [0.25, 0.3) is 16.6 Å². The van der Waals surface area contributed by atoms with E-state index in [1.807, 2.05) is 21.9 Å². The molecule has 5 rings (SSSR count). The van der Waals surface area contributed by atoms with Crippen LogP contribution in [0.15, 0.2) is 41.7 Å². The Hall–Kier alpha value is -2.78. The predicted octanol–water partition coefficient (Wildman–Crippen LogP) is 5.80. The van der Waals surface area contributed by atoms with Gasteiger partial charge in [-0.15, -0.1) is 0 Å². The maximum atomic E-state index is 14.3. The summed E-state index contributed by atoms with van der Waals surface area (Å²) in [6.45, 7) is 13.4. The lowest BCUT2D eigenvalue weighted by atomic mass is 9.89. The largest absolute Gasteiger partial charge is 0.343 e. The van der Waals surface area contributed by atoms with Crippen LogP contribution in [0.3, 0.4) is 0 Å². The van der Waals surface area contributed by atoms with Crippen molar-refractivity contribution in [1.29, 1.82) is 4.78 Å². The lowest BCUT2D eigenvalue weighted by Gasteiger charge is -2.38. The second-order valence-corrected chi connectivity index (χ2v) is 14.7. The van der Waals surface area contributed by atoms with Gasteiger partial charge in [0.2, 0.25) is 5.91 Å². The fourth-order valence-electron chi connectivity index (χ4n) is 6.68. The van der Waals surface area contributed by atoms with Crippen molar-refractivity contribution in [1.82, 2.24) is 19.4 Å². The van der Waals surface area contributed by atoms with Crippen molar-refractivity contribution < 1.29 is 13.4 Å². The van der Waals surface area contributed by atoms with Crippen LogP contribution in [-0.2, 0) is 20.9 Å². The molecule has 216 valence electrons. The summed E-state index contributed by atoms with van der Waals surface area (Å²) in [7, 11) is -3.22. The van der Waals surface area contributed by atoms with Gasteiger partial charge in [0, 0.05) is 55.6 Å². The second-order valence-electron chi connectivity index (χ2n) is 12.1. The van der Waals surface area contributed by atoms with E-state index in [0.717, 1.165) is 68.3 Å². The zero-order chi connectivity index (χ0) is 28.8. The van der Waals surface area contributed by atoms with Crippen LogP contribution in [0.4, 0.5) is 4.39 Å². The molecule has 0 unspecified atom stereocenters. The molecule has 0 radical (unpaired) electrons. The number of piperidine rings is 1. The van der Waals surface area contributed by atoms with Gasteiger partial charge in [-0.2, -0.15) is 0 Å². The third kappa shape index (κ3) is 5.42. The molecule has 3 atom stereocenters. The highest BCUT2D eigenvalue weighted by Gasteiger charge is 2.33. The van der Waals surface area contributed by atoms with E-state index in [1.165, 1.54) is 17.7 Å². The fourth-order valence-corrected chi connectivity index (χ4v) is 7.96. The summed E-state index contributed by atoms with van der Waals surface area (Å²) >= 11 is 0. The Bertz CT molecular complexity index is 1510. The number of aromatic nitrogens is 2. The molecule has 1 N–H and O–H groups in total. The molecule has 2 fully saturated rings. The number of halogens is 1. The summed E-state index contributed by atoms with van der Waals surface area (Å²) in [6.07, 6.45) is 9.96. The van der Waals surface area contributed by atoms with Gasteiger partial charge in [-0.3, -0.25) is 9.78 Å². The number of pyridine rings is 1. The Kier molecular flexibility index (Phi) is 8.08. The van der Waals surface area contributed by atoms with E-state index >= 15 is 0 Å². The van der Waals surface area contributed by atoms with Gasteiger partial charge in [-0.25, -0.2) is 13.4 Å². The first-order chi connectivity index (χ1) is 19.0. The Labute approximate surface area is 237 Å². The molecule has 9 heteroatoms. The first kappa shape index (κ1) is 28.7. The standard InChI is InChI=1S/C31H42FN5O2S/c1-20(2)40(33,39)30-15-27(32)6-7-28(30)37-19-26(31-21(3)16-34-17-29(31)37)14-24-8-11-36(18-24)22(4)25-9-12-35(13-10-25)23(5)38/h6-7,15-17,19-20,22,24-25,33H,8-14,18H2,1-5H3/t22-,24-,40-/m1/s1. The van der Waals surface area contributed by atoms with Gasteiger partial charge >= 0.3 is 0 Å². The number of aryl methyl sites for hydroxylation is 1. The normalized spacial score (nSPS) is 21.3. The first-order valence-corrected chi connectivity index (χ1v) is 16.1. The van der Waals surface area contributed by atoms with Gasteiger partial charge in [0.1, 0.15) is 5.82 Å². The maximum Gasteiger partial charge on any atom is 0.219 e. The topological polar surface area (TPSA) is 82.3 Å². The minimum atomic E-state index is -3.22. The number of benzene rings is 1. The average molecular weight is 568 g/mol. The zero-order valence-corrected chi connectivity index (χ0v) is 25.1. The highest BCUT2D eigenvalue weighted by atomic mass is 32.2. The molecule has 40 heavy (non-hydrogen) atoms. The van der Waals surface area contributed by atoms with E-state index in [0.29, 0.717) is 23.6 Å². The van der Waals surface area contributed by atoms with E-state index < -0.39 is 20.8 Å². The van der Waals surface area contributed by atoms with Gasteiger partial charge in [-0.05, 0) is 101 Å². The monoisotopic (exact) mass is 567 g/mol. The summed E-state index contributed by atoms with van der Waals surface area (Å²) in [5, 5.41) is 0.685. The van der Waals surface area contributed by atoms with Crippen molar-refractivity contribution in [2.45, 2.75) is 76.5 Å². The van der Waals surface area contributed by atoms with Gasteiger partial charge < -0.3 is 14.4 Å². The maximum absolute atomic E-state index is 14.3. The van der Waals surface area contributed by atoms with Crippen LogP contribution < -0.4 is 0 Å². The molecule has 7 nitrogen and oxygen atoms in total. The molecule has 2 aromatic heterocycles. The smallest absolute Gasteiger partial charge is 0.219 e. The summed E-state index contributed by atoms with van der Waals surface area (Å²) in [6, 6.07) is 4.77. The Morgan fingerprint density at radius 3 is 2.55 bits per heavy atom. The van der Waals surface area contributed by atoms with Gasteiger partial charge in [0.25, 0.3) is 0 Å². The summed E-state index contributed by atoms with van der Waals surface area (Å²) in [4.78, 5) is 21.0. The van der Waals surface area contributed by atoms with Crippen molar-refractivity contribution in [3.8, 4) is 5.69 Å². The number of likely N-dealkylation sites (tertiary alicyclic amines) is 2. The van der Waals surface area contributed by atoms with E-state index in [1.54, 1.807) is 26.8 Å². The molecule has 0 bridgehead atoms. The second kappa shape index (κ2) is 11.2. The van der Waals surface area contributed by atoms with E-state index in [-0.39, 0.29) is 10.8 Å². The van der Waals surface area contributed by atoms with Crippen LogP contribution in [0, 0.1) is 29.4 Å². The highest BCUT2D eigenvalue weighted by Crippen LogP contribution is 2.35. The Morgan fingerprint density at radius 2 is 1.88 bits per heavy atom. The SMILES string of the molecule is CC(=O)N1CCC([C@@H](C)N2CC[C@H](Cc3cn(-c4ccc(F)cc4[S@](=N)(=O)C(C)C)c4cncc(C)c34)C2)CC1. The summed E-state index contributed by atoms with van der Waals surface area (Å²) in [5.74, 6) is 0.814. The average Bonchev–Trinajstić information content (AvgIpc) is 3.54. The first-order valence-electron chi connectivity index (χ1n) is 14.5. The van der Waals surface area contributed by atoms with Crippen molar-refractivity contribution in [2.24, 2.45) is 11.8 Å². The van der Waals surface area contributed by atoms with E-state index in [4.69, 9.17) is 4.78 Å². The van der Waals surface area contributed by atoms with Crippen LogP contribution in [0.1, 0.15) is 58.1 Å². The third-order valence-electron chi connectivity index (χ3n) is 9.22. The van der Waals surface area contributed by atoms with Crippen molar-refractivity contribution in [2.75, 3.05) is 26.2 Å². The number of nitrogens with zero attached hydrogens (tertiary/aromatic N) is 4. The lowest BCUT2D eigenvalue weighted by molar-refractivity contribution is -0.130. The molecule has 2 aliphatic rings. The summed E-state index contributed by atoms with van der Waals surface area (Å²) < 4.78 is 38.4. The molecular weight excluding hydrogens is 525 g/mol. The number of rotatable bonds is 7. The molecule has 0 aliphatic carbocycles. The predicted molar refractivity (Wildman–Crippen MR) is 158 cm³/mol. The number of nitrogens with one attached hydrogen (secondary N) is 1. The third-order valence-corrected chi connectivity index (χ3v) is 11.5. The molecule has 3 aromatic rings. The van der Waals surface area contributed by atoms with Crippen molar-refractivity contribution in [3.63, 3.8) is 0 Å². The van der Waals surface area contributed by atoms with Gasteiger partial charge in [0.05, 0.1) is 32.0 Å². The molecule has 4 heterocycles. The zero-order valence-electron chi connectivity index (χ0n) is 24.3. The van der Waals surface area contributed by atoms with E-state index in [2.05, 4.69) is 29.9 Å². The van der Waals surface area contributed by atoms with E-state index in [9.17, 15) is 13.4 Å². The van der Waals surface area contributed by atoms with Crippen molar-refractivity contribution in [3.05, 3.63) is 53.7 Å². The Morgan fingerprint density at radius 1 is 1.15 bits per heavy atom. The molecule has 2 aliphatic heterocycles. The summed E-state index contributed by atoms with van der Waals surface area (Å²) in [5.41, 5.74) is 3.76. The van der Waals surface area contributed by atoms with Crippen LogP contribution >= 0.6 is 0 Å². The van der Waals surface area contributed by atoms with Gasteiger partial charge in [0.15, 0.2) is 0 Å². The molecule has 0 saturated carbocycles. The fraction of sp³-hybridized carbons (Fsp3) is 0.548. The molecule has 2 saturated heterocycles. The van der Waals surface area contributed by atoms with Gasteiger partial charge in [-0.1, -0.05) is 0 Å². The lowest BCUT2D eigenvalue weighted by Crippen LogP contribution is -2.44. The molecule has 0 spiro atoms. The highest BCUT2D eigenvalue weighted by molar-refractivity contribution is 7.93. The molecule has 1 amide bonds. The number of amides is 1. The number of hydrogen-bond donors (Lipinski definition) is 1. The van der Waals surface area contributed by atoms with Crippen LogP contribution in [0.2, 0.25) is 0 Å². The minimum absolute atomic E-state index is 0.180. The minimum Gasteiger partial charge on any atom is -0.343 e. The number of fused-ring (bicyclic) bond motifs is 1. The Balaban J connectivity index is 1.41. The number of carbonyl (C=O) groups is 1.